The lowest BCUT2D eigenvalue weighted by molar-refractivity contribution is -0.0704. The van der Waals surface area contributed by atoms with E-state index in [1.165, 1.54) is 17.8 Å². The number of aromatic nitrogens is 1. The fourth-order valence-electron chi connectivity index (χ4n) is 3.31. The maximum Gasteiger partial charge on any atom is 0.260 e. The molecule has 2 aromatic rings. The van der Waals surface area contributed by atoms with Crippen molar-refractivity contribution in [2.45, 2.75) is 39.1 Å². The molecule has 1 aromatic heterocycles. The van der Waals surface area contributed by atoms with Crippen molar-refractivity contribution < 1.29 is 9.53 Å². The van der Waals surface area contributed by atoms with E-state index in [9.17, 15) is 9.59 Å². The van der Waals surface area contributed by atoms with Crippen LogP contribution in [-0.4, -0.2) is 41.1 Å². The maximum atomic E-state index is 12.1. The minimum Gasteiger partial charge on any atom is -0.373 e. The van der Waals surface area contributed by atoms with Gasteiger partial charge in [0.2, 0.25) is 0 Å². The zero-order valence-corrected chi connectivity index (χ0v) is 15.2. The number of nitrogens with zero attached hydrogens (tertiary/aromatic N) is 1. The summed E-state index contributed by atoms with van der Waals surface area (Å²) in [6.07, 6.45) is 2.03. The lowest BCUT2D eigenvalue weighted by Crippen LogP contribution is -2.44. The van der Waals surface area contributed by atoms with Gasteiger partial charge in [0.15, 0.2) is 0 Å². The first-order chi connectivity index (χ1) is 12.5. The van der Waals surface area contributed by atoms with Crippen molar-refractivity contribution in [3.8, 4) is 0 Å². The number of ether oxygens (including phenoxy) is 1. The smallest absolute Gasteiger partial charge is 0.260 e. The van der Waals surface area contributed by atoms with Gasteiger partial charge >= 0.3 is 0 Å². The van der Waals surface area contributed by atoms with Crippen LogP contribution in [0.25, 0.3) is 0 Å². The molecule has 3 rings (SSSR count). The molecule has 6 heteroatoms. The van der Waals surface area contributed by atoms with Crippen LogP contribution in [0.1, 0.15) is 35.3 Å². The quantitative estimate of drug-likeness (QED) is 0.859. The predicted molar refractivity (Wildman–Crippen MR) is 100.0 cm³/mol. The monoisotopic (exact) mass is 355 g/mol. The molecule has 1 saturated heterocycles. The van der Waals surface area contributed by atoms with Crippen LogP contribution in [0.15, 0.2) is 47.4 Å². The topological polar surface area (TPSA) is 74.4 Å². The molecule has 0 radical (unpaired) electrons. The summed E-state index contributed by atoms with van der Waals surface area (Å²) in [5, 5.41) is 2.78. The predicted octanol–water partition coefficient (Wildman–Crippen LogP) is 1.91. The van der Waals surface area contributed by atoms with Crippen molar-refractivity contribution >= 4 is 5.91 Å². The molecular weight excluding hydrogens is 330 g/mol. The highest BCUT2D eigenvalue weighted by atomic mass is 16.5. The lowest BCUT2D eigenvalue weighted by Gasteiger charge is -2.35. The first-order valence-electron chi connectivity index (χ1n) is 8.93. The average molecular weight is 355 g/mol. The van der Waals surface area contributed by atoms with Crippen LogP contribution in [0.4, 0.5) is 0 Å². The number of nitrogens with one attached hydrogen (secondary N) is 2. The average Bonchev–Trinajstić information content (AvgIpc) is 2.60. The minimum absolute atomic E-state index is 0.125. The fourth-order valence-corrected chi connectivity index (χ4v) is 3.31. The SMILES string of the molecule is CC1CN(Cc2ccc(CNC(=O)c3ccc[nH]c3=O)cc2)CC(C)O1. The van der Waals surface area contributed by atoms with E-state index in [1.807, 2.05) is 12.1 Å². The number of carbonyl (C=O) groups excluding carboxylic acids is 1. The number of rotatable bonds is 5. The Kier molecular flexibility index (Phi) is 5.85. The van der Waals surface area contributed by atoms with E-state index in [4.69, 9.17) is 4.74 Å². The summed E-state index contributed by atoms with van der Waals surface area (Å²) in [4.78, 5) is 28.6. The molecule has 26 heavy (non-hydrogen) atoms. The molecule has 0 bridgehead atoms. The molecule has 2 heterocycles. The molecule has 138 valence electrons. The Hall–Kier alpha value is -2.44. The second kappa shape index (κ2) is 8.29. The van der Waals surface area contributed by atoms with E-state index in [0.29, 0.717) is 6.54 Å². The molecular formula is C20H25N3O3. The number of carbonyl (C=O) groups is 1. The normalized spacial score (nSPS) is 20.7. The Morgan fingerprint density at radius 3 is 2.46 bits per heavy atom. The summed E-state index contributed by atoms with van der Waals surface area (Å²) in [6.45, 7) is 7.36. The van der Waals surface area contributed by atoms with Crippen LogP contribution in [0.2, 0.25) is 0 Å². The molecule has 1 aliphatic heterocycles. The first-order valence-corrected chi connectivity index (χ1v) is 8.93. The van der Waals surface area contributed by atoms with Crippen LogP contribution in [0.3, 0.4) is 0 Å². The van der Waals surface area contributed by atoms with Crippen LogP contribution >= 0.6 is 0 Å². The van der Waals surface area contributed by atoms with Gasteiger partial charge < -0.3 is 15.0 Å². The third-order valence-corrected chi connectivity index (χ3v) is 4.44. The van der Waals surface area contributed by atoms with E-state index in [-0.39, 0.29) is 29.2 Å². The number of benzene rings is 1. The Morgan fingerprint density at radius 2 is 1.81 bits per heavy atom. The number of pyridine rings is 1. The Balaban J connectivity index is 1.54. The first kappa shape index (κ1) is 18.4. The summed E-state index contributed by atoms with van der Waals surface area (Å²) in [7, 11) is 0. The number of H-pyrrole nitrogens is 1. The molecule has 1 fully saturated rings. The van der Waals surface area contributed by atoms with Gasteiger partial charge in [0.25, 0.3) is 11.5 Å². The van der Waals surface area contributed by atoms with E-state index >= 15 is 0 Å². The van der Waals surface area contributed by atoms with Gasteiger partial charge in [-0.3, -0.25) is 14.5 Å². The zero-order chi connectivity index (χ0) is 18.5. The number of hydrogen-bond acceptors (Lipinski definition) is 4. The zero-order valence-electron chi connectivity index (χ0n) is 15.2. The number of morpholine rings is 1. The van der Waals surface area contributed by atoms with Crippen molar-refractivity contribution in [2.24, 2.45) is 0 Å². The minimum atomic E-state index is -0.380. The Morgan fingerprint density at radius 1 is 1.15 bits per heavy atom. The van der Waals surface area contributed by atoms with Crippen LogP contribution in [0.5, 0.6) is 0 Å². The number of hydrogen-bond donors (Lipinski definition) is 2. The molecule has 2 unspecified atom stereocenters. The largest absolute Gasteiger partial charge is 0.373 e. The molecule has 1 amide bonds. The van der Waals surface area contributed by atoms with E-state index in [1.54, 1.807) is 6.07 Å². The molecule has 2 atom stereocenters. The second-order valence-electron chi connectivity index (χ2n) is 6.86. The Labute approximate surface area is 153 Å². The molecule has 1 aromatic carbocycles. The van der Waals surface area contributed by atoms with Crippen LogP contribution in [-0.2, 0) is 17.8 Å². The highest BCUT2D eigenvalue weighted by Gasteiger charge is 2.21. The molecule has 1 aliphatic rings. The highest BCUT2D eigenvalue weighted by Crippen LogP contribution is 2.14. The van der Waals surface area contributed by atoms with E-state index in [0.717, 1.165) is 25.2 Å². The Bertz CT molecular complexity index is 790. The molecule has 0 aliphatic carbocycles. The van der Waals surface area contributed by atoms with Gasteiger partial charge in [-0.15, -0.1) is 0 Å². The summed E-state index contributed by atoms with van der Waals surface area (Å²) in [6, 6.07) is 11.3. The van der Waals surface area contributed by atoms with Crippen molar-refractivity contribution in [3.05, 3.63) is 69.6 Å². The third kappa shape index (κ3) is 4.80. The third-order valence-electron chi connectivity index (χ3n) is 4.44. The van der Waals surface area contributed by atoms with Gasteiger partial charge in [0.05, 0.1) is 12.2 Å². The van der Waals surface area contributed by atoms with Crippen molar-refractivity contribution in [1.29, 1.82) is 0 Å². The molecule has 2 N–H and O–H groups in total. The maximum absolute atomic E-state index is 12.1. The van der Waals surface area contributed by atoms with Crippen molar-refractivity contribution in [2.75, 3.05) is 13.1 Å². The number of aromatic amines is 1. The summed E-state index contributed by atoms with van der Waals surface area (Å²) in [5.74, 6) is -0.368. The van der Waals surface area contributed by atoms with Gasteiger partial charge in [-0.25, -0.2) is 0 Å². The molecule has 0 saturated carbocycles. The summed E-state index contributed by atoms with van der Waals surface area (Å²) >= 11 is 0. The molecule has 0 spiro atoms. The van der Waals surface area contributed by atoms with Crippen LogP contribution in [0, 0.1) is 0 Å². The van der Waals surface area contributed by atoms with E-state index < -0.39 is 0 Å². The van der Waals surface area contributed by atoms with Crippen LogP contribution < -0.4 is 10.9 Å². The van der Waals surface area contributed by atoms with Gasteiger partial charge in [-0.2, -0.15) is 0 Å². The van der Waals surface area contributed by atoms with Gasteiger partial charge in [0, 0.05) is 32.4 Å². The lowest BCUT2D eigenvalue weighted by atomic mass is 10.1. The molecule has 6 nitrogen and oxygen atoms in total. The van der Waals surface area contributed by atoms with Crippen molar-refractivity contribution in [3.63, 3.8) is 0 Å². The number of amides is 1. The fraction of sp³-hybridized carbons (Fsp3) is 0.400. The highest BCUT2D eigenvalue weighted by molar-refractivity contribution is 5.93. The standard InChI is InChI=1S/C20H25N3O3/c1-14-11-23(12-15(2)26-14)13-17-7-5-16(6-8-17)10-22-20(25)18-4-3-9-21-19(18)24/h3-9,14-15H,10-13H2,1-2H3,(H,21,24)(H,22,25). The summed E-state index contributed by atoms with van der Waals surface area (Å²) in [5.41, 5.74) is 1.98. The van der Waals surface area contributed by atoms with Crippen molar-refractivity contribution in [1.82, 2.24) is 15.2 Å². The van der Waals surface area contributed by atoms with Gasteiger partial charge in [0.1, 0.15) is 5.56 Å². The second-order valence-corrected chi connectivity index (χ2v) is 6.86. The summed E-state index contributed by atoms with van der Waals surface area (Å²) < 4.78 is 5.77. The van der Waals surface area contributed by atoms with Gasteiger partial charge in [-0.1, -0.05) is 24.3 Å². The van der Waals surface area contributed by atoms with Gasteiger partial charge in [-0.05, 0) is 37.1 Å². The van der Waals surface area contributed by atoms with E-state index in [2.05, 4.69) is 41.2 Å².